The molecule has 2 aromatic carbocycles. The summed E-state index contributed by atoms with van der Waals surface area (Å²) in [5.74, 6) is -0.0857. The molecule has 0 spiro atoms. The highest BCUT2D eigenvalue weighted by Gasteiger charge is 2.05. The van der Waals surface area contributed by atoms with Crippen LogP contribution in [0.2, 0.25) is 5.02 Å². The lowest BCUT2D eigenvalue weighted by Crippen LogP contribution is -2.38. The molecule has 0 unspecified atom stereocenters. The first-order chi connectivity index (χ1) is 10.6. The number of halogens is 1. The van der Waals surface area contributed by atoms with Gasteiger partial charge < -0.3 is 10.6 Å². The van der Waals surface area contributed by atoms with Crippen LogP contribution < -0.4 is 10.6 Å². The number of rotatable bonds is 5. The molecular formula is C17H17ClN2OS. The summed E-state index contributed by atoms with van der Waals surface area (Å²) in [7, 11) is 0. The van der Waals surface area contributed by atoms with Gasteiger partial charge in [-0.15, -0.1) is 0 Å². The minimum atomic E-state index is -0.0857. The van der Waals surface area contributed by atoms with Crippen molar-refractivity contribution >= 4 is 34.8 Å². The molecule has 1 amide bonds. The van der Waals surface area contributed by atoms with Crippen LogP contribution in [-0.4, -0.2) is 11.0 Å². The summed E-state index contributed by atoms with van der Waals surface area (Å²) >= 11 is 10.9. The Morgan fingerprint density at radius 3 is 2.36 bits per heavy atom. The molecule has 0 saturated heterocycles. The Kier molecular flexibility index (Phi) is 6.37. The molecule has 0 aliphatic rings. The van der Waals surface area contributed by atoms with Crippen LogP contribution in [-0.2, 0) is 17.8 Å². The molecular weight excluding hydrogens is 316 g/mol. The molecule has 0 aromatic heterocycles. The molecule has 22 heavy (non-hydrogen) atoms. The van der Waals surface area contributed by atoms with Crippen molar-refractivity contribution in [2.24, 2.45) is 0 Å². The molecule has 0 radical (unpaired) electrons. The van der Waals surface area contributed by atoms with Crippen LogP contribution in [0.25, 0.3) is 0 Å². The molecule has 5 heteroatoms. The Bertz CT molecular complexity index is 629. The largest absolute Gasteiger partial charge is 0.358 e. The Morgan fingerprint density at radius 1 is 1.00 bits per heavy atom. The summed E-state index contributed by atoms with van der Waals surface area (Å²) in [6.07, 6.45) is 1.11. The topological polar surface area (TPSA) is 41.1 Å². The van der Waals surface area contributed by atoms with Crippen LogP contribution in [0.3, 0.4) is 0 Å². The van der Waals surface area contributed by atoms with Gasteiger partial charge in [-0.1, -0.05) is 54.1 Å². The standard InChI is InChI=1S/C17H17ClN2OS/c18-15-9-6-14(7-10-15)12-19-17(22)20-16(21)11-8-13-4-2-1-3-5-13/h1-7,9-10H,8,11-12H2,(H2,19,20,21,22). The number of hydrogen-bond acceptors (Lipinski definition) is 2. The van der Waals surface area contributed by atoms with Gasteiger partial charge >= 0.3 is 0 Å². The molecule has 2 rings (SSSR count). The fourth-order valence-electron chi connectivity index (χ4n) is 1.92. The maximum absolute atomic E-state index is 11.8. The predicted molar refractivity (Wildman–Crippen MR) is 93.8 cm³/mol. The first-order valence-electron chi connectivity index (χ1n) is 6.99. The lowest BCUT2D eigenvalue weighted by molar-refractivity contribution is -0.119. The average Bonchev–Trinajstić information content (AvgIpc) is 2.53. The molecule has 2 aromatic rings. The van der Waals surface area contributed by atoms with Crippen LogP contribution in [0.15, 0.2) is 54.6 Å². The molecule has 0 atom stereocenters. The average molecular weight is 333 g/mol. The summed E-state index contributed by atoms with van der Waals surface area (Å²) in [5.41, 5.74) is 2.18. The van der Waals surface area contributed by atoms with Gasteiger partial charge in [0.2, 0.25) is 5.91 Å². The van der Waals surface area contributed by atoms with Crippen molar-refractivity contribution in [1.82, 2.24) is 10.6 Å². The summed E-state index contributed by atoms with van der Waals surface area (Å²) in [6, 6.07) is 17.4. The fraction of sp³-hybridized carbons (Fsp3) is 0.176. The van der Waals surface area contributed by atoms with Crippen molar-refractivity contribution in [1.29, 1.82) is 0 Å². The monoisotopic (exact) mass is 332 g/mol. The minimum Gasteiger partial charge on any atom is -0.358 e. The van der Waals surface area contributed by atoms with E-state index in [0.717, 1.165) is 11.1 Å². The molecule has 0 aliphatic carbocycles. The zero-order chi connectivity index (χ0) is 15.8. The normalized spacial score (nSPS) is 10.0. The van der Waals surface area contributed by atoms with E-state index in [4.69, 9.17) is 23.8 Å². The third-order valence-electron chi connectivity index (χ3n) is 3.10. The van der Waals surface area contributed by atoms with Gasteiger partial charge in [-0.05, 0) is 41.9 Å². The van der Waals surface area contributed by atoms with Gasteiger partial charge in [-0.2, -0.15) is 0 Å². The number of hydrogen-bond donors (Lipinski definition) is 2. The van der Waals surface area contributed by atoms with Gasteiger partial charge in [0.25, 0.3) is 0 Å². The number of carbonyl (C=O) groups is 1. The van der Waals surface area contributed by atoms with E-state index in [1.165, 1.54) is 0 Å². The number of amides is 1. The molecule has 0 aliphatic heterocycles. The third-order valence-corrected chi connectivity index (χ3v) is 3.60. The smallest absolute Gasteiger partial charge is 0.226 e. The van der Waals surface area contributed by atoms with E-state index >= 15 is 0 Å². The molecule has 0 heterocycles. The van der Waals surface area contributed by atoms with Gasteiger partial charge in [-0.3, -0.25) is 4.79 Å². The maximum Gasteiger partial charge on any atom is 0.226 e. The van der Waals surface area contributed by atoms with E-state index in [1.54, 1.807) is 0 Å². The van der Waals surface area contributed by atoms with E-state index in [2.05, 4.69) is 10.6 Å². The highest BCUT2D eigenvalue weighted by molar-refractivity contribution is 7.80. The van der Waals surface area contributed by atoms with E-state index < -0.39 is 0 Å². The van der Waals surface area contributed by atoms with Crippen molar-refractivity contribution < 1.29 is 4.79 Å². The highest BCUT2D eigenvalue weighted by atomic mass is 35.5. The highest BCUT2D eigenvalue weighted by Crippen LogP contribution is 2.09. The summed E-state index contributed by atoms with van der Waals surface area (Å²) in [4.78, 5) is 11.8. The Morgan fingerprint density at radius 2 is 1.68 bits per heavy atom. The zero-order valence-electron chi connectivity index (χ0n) is 12.0. The van der Waals surface area contributed by atoms with E-state index in [9.17, 15) is 4.79 Å². The minimum absolute atomic E-state index is 0.0857. The number of aryl methyl sites for hydroxylation is 1. The van der Waals surface area contributed by atoms with E-state index in [-0.39, 0.29) is 5.91 Å². The van der Waals surface area contributed by atoms with Crippen molar-refractivity contribution in [3.63, 3.8) is 0 Å². The zero-order valence-corrected chi connectivity index (χ0v) is 13.6. The summed E-state index contributed by atoms with van der Waals surface area (Å²) in [6.45, 7) is 0.551. The molecule has 2 N–H and O–H groups in total. The predicted octanol–water partition coefficient (Wildman–Crippen LogP) is 3.46. The van der Waals surface area contributed by atoms with Crippen molar-refractivity contribution in [3.8, 4) is 0 Å². The quantitative estimate of drug-likeness (QED) is 0.824. The van der Waals surface area contributed by atoms with Crippen molar-refractivity contribution in [2.75, 3.05) is 0 Å². The van der Waals surface area contributed by atoms with Gasteiger partial charge in [0.1, 0.15) is 0 Å². The second-order valence-electron chi connectivity index (χ2n) is 4.84. The first kappa shape index (κ1) is 16.5. The van der Waals surface area contributed by atoms with Gasteiger partial charge in [0.15, 0.2) is 5.11 Å². The van der Waals surface area contributed by atoms with E-state index in [1.807, 2.05) is 54.6 Å². The van der Waals surface area contributed by atoms with Crippen LogP contribution >= 0.6 is 23.8 Å². The van der Waals surface area contributed by atoms with Crippen LogP contribution in [0.4, 0.5) is 0 Å². The second-order valence-corrected chi connectivity index (χ2v) is 5.69. The van der Waals surface area contributed by atoms with Crippen LogP contribution in [0.5, 0.6) is 0 Å². The number of thiocarbonyl (C=S) groups is 1. The molecule has 0 fully saturated rings. The molecule has 0 saturated carbocycles. The van der Waals surface area contributed by atoms with Crippen LogP contribution in [0.1, 0.15) is 17.5 Å². The molecule has 0 bridgehead atoms. The Labute approximate surface area is 140 Å². The first-order valence-corrected chi connectivity index (χ1v) is 7.78. The maximum atomic E-state index is 11.8. The Balaban J connectivity index is 1.70. The lowest BCUT2D eigenvalue weighted by atomic mass is 10.1. The molecule has 3 nitrogen and oxygen atoms in total. The number of benzene rings is 2. The van der Waals surface area contributed by atoms with Gasteiger partial charge in [0, 0.05) is 18.0 Å². The Hall–Kier alpha value is -1.91. The number of carbonyl (C=O) groups excluding carboxylic acids is 1. The van der Waals surface area contributed by atoms with E-state index in [0.29, 0.717) is 29.5 Å². The molecule has 114 valence electrons. The SMILES string of the molecule is O=C(CCc1ccccc1)NC(=S)NCc1ccc(Cl)cc1. The van der Waals surface area contributed by atoms with Crippen LogP contribution in [0, 0.1) is 0 Å². The lowest BCUT2D eigenvalue weighted by Gasteiger charge is -2.09. The fourth-order valence-corrected chi connectivity index (χ4v) is 2.23. The van der Waals surface area contributed by atoms with Crippen molar-refractivity contribution in [3.05, 3.63) is 70.7 Å². The van der Waals surface area contributed by atoms with Gasteiger partial charge in [0.05, 0.1) is 0 Å². The number of nitrogens with one attached hydrogen (secondary N) is 2. The van der Waals surface area contributed by atoms with Gasteiger partial charge in [-0.25, -0.2) is 0 Å². The van der Waals surface area contributed by atoms with Crippen molar-refractivity contribution in [2.45, 2.75) is 19.4 Å². The summed E-state index contributed by atoms with van der Waals surface area (Å²) in [5, 5.41) is 6.73. The second kappa shape index (κ2) is 8.51. The third kappa shape index (κ3) is 5.84. The summed E-state index contributed by atoms with van der Waals surface area (Å²) < 4.78 is 0.